The first-order valence-corrected chi connectivity index (χ1v) is 33.0. The molecule has 17 nitrogen and oxygen atoms in total. The number of alkyl halides is 12. The summed E-state index contributed by atoms with van der Waals surface area (Å²) >= 11 is 7.54. The number of likely N-dealkylation sites (tertiary alicyclic amines) is 1. The van der Waals surface area contributed by atoms with Crippen LogP contribution in [0.2, 0.25) is 5.02 Å². The van der Waals surface area contributed by atoms with E-state index in [2.05, 4.69) is 13.2 Å². The summed E-state index contributed by atoms with van der Waals surface area (Å²) in [6.07, 6.45) is -22.9. The van der Waals surface area contributed by atoms with Gasteiger partial charge in [0.05, 0.1) is 63.7 Å². The zero-order valence-corrected chi connectivity index (χ0v) is 58.9. The number of methoxy groups -OCH3 is 2. The first-order valence-electron chi connectivity index (χ1n) is 32.6. The van der Waals surface area contributed by atoms with Crippen molar-refractivity contribution in [1.82, 2.24) is 9.80 Å². The van der Waals surface area contributed by atoms with Gasteiger partial charge >= 0.3 is 48.7 Å². The van der Waals surface area contributed by atoms with Gasteiger partial charge in [-0.05, 0) is 171 Å². The van der Waals surface area contributed by atoms with E-state index in [4.69, 9.17) is 44.8 Å². The second-order valence-corrected chi connectivity index (χ2v) is 27.8. The summed E-state index contributed by atoms with van der Waals surface area (Å²) in [5, 5.41) is -5.32. The molecule has 1 saturated heterocycles. The monoisotopic (exact) mass is 1510 g/mol. The minimum atomic E-state index is -5.56. The number of amides is 3. The number of rotatable bonds is 19. The lowest BCUT2D eigenvalue weighted by atomic mass is 9.79. The van der Waals surface area contributed by atoms with E-state index < -0.39 is 233 Å². The maximum Gasteiger partial charge on any atom is 0.416 e. The summed E-state index contributed by atoms with van der Waals surface area (Å²) in [5.41, 5.74) is -13.3. The predicted octanol–water partition coefficient (Wildman–Crippen LogP) is 20.4. The number of carbonyl (C=O) groups is 8. The van der Waals surface area contributed by atoms with E-state index >= 15 is 14.4 Å². The number of Topliss-reactive ketones (excluding diaryl/α,β-unsaturated/α-hetero) is 2. The summed E-state index contributed by atoms with van der Waals surface area (Å²) in [6, 6.07) is 5.62. The minimum absolute atomic E-state index is 0.0335. The molecule has 0 bridgehead atoms. The minimum Gasteiger partial charge on any atom is -0.465 e. The first-order chi connectivity index (χ1) is 49.1. The molecule has 0 N–H and O–H groups in total. The lowest BCUT2D eigenvalue weighted by molar-refractivity contribution is -0.150. The van der Waals surface area contributed by atoms with E-state index in [1.165, 1.54) is 4.90 Å². The fourth-order valence-corrected chi connectivity index (χ4v) is 13.3. The van der Waals surface area contributed by atoms with Crippen LogP contribution in [0.4, 0.5) is 57.5 Å². The van der Waals surface area contributed by atoms with E-state index in [-0.39, 0.29) is 92.7 Å². The fourth-order valence-electron chi connectivity index (χ4n) is 13.0. The van der Waals surface area contributed by atoms with Crippen LogP contribution >= 0.6 is 11.6 Å². The van der Waals surface area contributed by atoms with Crippen LogP contribution < -0.4 is 14.2 Å². The second-order valence-electron chi connectivity index (χ2n) is 27.4. The largest absolute Gasteiger partial charge is 0.465 e. The van der Waals surface area contributed by atoms with Gasteiger partial charge in [0, 0.05) is 78.9 Å². The van der Waals surface area contributed by atoms with Gasteiger partial charge in [-0.2, -0.15) is 52.7 Å². The number of halogens is 13. The van der Waals surface area contributed by atoms with E-state index in [9.17, 15) is 76.7 Å². The quantitative estimate of drug-likeness (QED) is 0.0108. The van der Waals surface area contributed by atoms with Gasteiger partial charge in [-0.3, -0.25) is 24.1 Å². The third-order valence-corrected chi connectivity index (χ3v) is 17.9. The maximum atomic E-state index is 16.2. The normalized spacial score (nSPS) is 14.4. The number of esters is 3. The van der Waals surface area contributed by atoms with Gasteiger partial charge < -0.3 is 38.1 Å². The second kappa shape index (κ2) is 28.4. The molecule has 560 valence electrons. The summed E-state index contributed by atoms with van der Waals surface area (Å²) in [5.74, 6) is -14.1. The highest BCUT2D eigenvalue weighted by molar-refractivity contribution is 6.49. The van der Waals surface area contributed by atoms with E-state index in [0.717, 1.165) is 68.5 Å². The number of nitrogens with zero attached hydrogens (tertiary/aromatic N) is 2. The number of ketones is 2. The number of benzene rings is 8. The molecule has 30 heteroatoms. The molecule has 2 aliphatic rings. The Kier molecular flexibility index (Phi) is 21.0. The summed E-state index contributed by atoms with van der Waals surface area (Å²) < 4.78 is 219. The predicted molar refractivity (Wildman–Crippen MR) is 362 cm³/mol. The van der Waals surface area contributed by atoms with Crippen molar-refractivity contribution in [2.45, 2.75) is 136 Å². The Morgan fingerprint density at radius 2 is 0.934 bits per heavy atom. The molecule has 0 aromatic heterocycles. The standard InChI is InChI=1S/C76H65ClF12N2O15/c1-13-14-37(16-15-34(2)67(96)105-71(5,6)7)35(3)64(93)49-32-54(102-45-22-38(68(97)100-11)21-39(23-45)69(98)101-12)61-60-55(104-47-28-42(75(84,85)86)25-43(29-47)76(87,88)89)33-51-57-50(65(94)91(66(51)95)44-17-19-90(20-18-44)70(99)106-72(8,9)10)30-52(77)58(62(57)60)59-53(31-48(36(4)92)56(49)63(59)61)103-46-26-40(73(78,79)80)24-41(27-46)74(81,82)83/h21-33,37,44H,2-3,13-20H2,1,4-12H3. The zero-order chi connectivity index (χ0) is 78.3. The highest BCUT2D eigenvalue weighted by Crippen LogP contribution is 2.58. The average molecular weight is 1510 g/mol. The van der Waals surface area contributed by atoms with Crippen LogP contribution in [0.5, 0.6) is 34.5 Å². The van der Waals surface area contributed by atoms with Crippen molar-refractivity contribution in [2.75, 3.05) is 27.3 Å². The van der Waals surface area contributed by atoms with Gasteiger partial charge in [0.25, 0.3) is 11.8 Å². The molecule has 3 amide bonds. The van der Waals surface area contributed by atoms with Crippen LogP contribution in [0, 0.1) is 5.92 Å². The van der Waals surface area contributed by atoms with Crippen molar-refractivity contribution in [2.24, 2.45) is 5.92 Å². The van der Waals surface area contributed by atoms with E-state index in [1.807, 2.05) is 0 Å². The molecule has 1 unspecified atom stereocenters. The van der Waals surface area contributed by atoms with Crippen molar-refractivity contribution >= 4 is 102 Å². The van der Waals surface area contributed by atoms with Gasteiger partial charge in [-0.25, -0.2) is 19.2 Å². The molecular weight excluding hydrogens is 1440 g/mol. The number of carbonyl (C=O) groups excluding carboxylic acids is 8. The van der Waals surface area contributed by atoms with Gasteiger partial charge in [-0.1, -0.05) is 38.1 Å². The number of hydrogen-bond donors (Lipinski definition) is 0. The van der Waals surface area contributed by atoms with Gasteiger partial charge in [0.1, 0.15) is 45.7 Å². The Hall–Kier alpha value is -10.5. The molecule has 1 atom stereocenters. The Bertz CT molecular complexity index is 4940. The zero-order valence-electron chi connectivity index (χ0n) is 58.2. The Balaban J connectivity index is 1.42. The maximum absolute atomic E-state index is 16.2. The third-order valence-electron chi connectivity index (χ3n) is 17.6. The van der Waals surface area contributed by atoms with Crippen molar-refractivity contribution in [3.05, 3.63) is 164 Å². The number of allylic oxidation sites excluding steroid dienone is 1. The number of ether oxygens (including phenoxy) is 7. The van der Waals surface area contributed by atoms with Crippen molar-refractivity contribution in [1.29, 1.82) is 0 Å². The lowest BCUT2D eigenvalue weighted by Gasteiger charge is -2.39. The molecule has 106 heavy (non-hydrogen) atoms. The summed E-state index contributed by atoms with van der Waals surface area (Å²) in [4.78, 5) is 118. The van der Waals surface area contributed by atoms with Crippen LogP contribution in [0.3, 0.4) is 0 Å². The number of hydrogen-bond acceptors (Lipinski definition) is 15. The molecule has 10 rings (SSSR count). The number of imide groups is 1. The van der Waals surface area contributed by atoms with Crippen LogP contribution in [-0.2, 0) is 48.4 Å². The summed E-state index contributed by atoms with van der Waals surface area (Å²) in [6.45, 7) is 20.1. The molecule has 0 spiro atoms. The number of piperidine rings is 1. The molecule has 8 aromatic rings. The fraction of sp³-hybridized carbons (Fsp3) is 0.342. The van der Waals surface area contributed by atoms with Gasteiger partial charge in [-0.15, -0.1) is 0 Å². The SMILES string of the molecule is C=C(CCC(CCC)C(=C)C(=O)c1cc(Oc2cc(C(=O)OC)cc(C(=O)OC)c2)c2c3c(Oc4cc(C(F)(F)F)cc(C(F)(F)F)c4)cc4c5c(cc(Cl)c(c6c(Oc7cc(C(F)(F)F)cc(C(F)(F)F)c7)cc(C(C)=O)c1c62)c53)C(=O)N(C1CCN(C(=O)OC(C)(C)C)CC1)C4=O)C(=O)OC(C)(C)C. The average Bonchev–Trinajstić information content (AvgIpc) is 0.675. The van der Waals surface area contributed by atoms with Crippen LogP contribution in [-0.4, -0.2) is 102 Å². The van der Waals surface area contributed by atoms with Crippen LogP contribution in [0.15, 0.2) is 103 Å². The van der Waals surface area contributed by atoms with Gasteiger partial charge in [0.2, 0.25) is 0 Å². The van der Waals surface area contributed by atoms with Crippen molar-refractivity contribution < 1.29 is 124 Å². The third kappa shape index (κ3) is 15.8. The van der Waals surface area contributed by atoms with Crippen LogP contribution in [0.1, 0.15) is 178 Å². The molecule has 0 aliphatic carbocycles. The Morgan fingerprint density at radius 3 is 1.36 bits per heavy atom. The molecule has 2 heterocycles. The smallest absolute Gasteiger partial charge is 0.416 e. The Labute approximate surface area is 601 Å². The number of fused-ring (bicyclic) bond motifs is 2. The molecule has 0 radical (unpaired) electrons. The summed E-state index contributed by atoms with van der Waals surface area (Å²) in [7, 11) is 1.91. The molecule has 2 aliphatic heterocycles. The van der Waals surface area contributed by atoms with E-state index in [1.54, 1.807) is 48.5 Å². The first kappa shape index (κ1) is 78.1. The molecule has 1 fully saturated rings. The van der Waals surface area contributed by atoms with Crippen LogP contribution in [0.25, 0.3) is 43.1 Å². The molecule has 0 saturated carbocycles. The Morgan fingerprint density at radius 1 is 0.519 bits per heavy atom. The van der Waals surface area contributed by atoms with Gasteiger partial charge in [0.15, 0.2) is 11.6 Å². The van der Waals surface area contributed by atoms with Crippen molar-refractivity contribution in [3.8, 4) is 34.5 Å². The lowest BCUT2D eigenvalue weighted by Crippen LogP contribution is -2.52. The van der Waals surface area contributed by atoms with E-state index in [0.29, 0.717) is 6.42 Å². The highest BCUT2D eigenvalue weighted by Gasteiger charge is 2.45. The topological polar surface area (TPSA) is 208 Å². The molecule has 8 aromatic carbocycles. The molecular formula is C76H65ClF12N2O15. The highest BCUT2D eigenvalue weighted by atomic mass is 35.5. The van der Waals surface area contributed by atoms with Crippen molar-refractivity contribution in [3.63, 3.8) is 0 Å².